The second-order valence-corrected chi connectivity index (χ2v) is 7.93. The number of ether oxygens (including phenoxy) is 1. The highest BCUT2D eigenvalue weighted by molar-refractivity contribution is 5.97. The number of esters is 1. The number of aliphatic hydroxyl groups is 1. The highest BCUT2D eigenvalue weighted by Crippen LogP contribution is 2.30. The second kappa shape index (κ2) is 9.82. The van der Waals surface area contributed by atoms with Crippen molar-refractivity contribution >= 4 is 23.4 Å². The number of nitrogens with two attached hydrogens (primary N) is 1. The molecule has 1 heterocycles. The predicted molar refractivity (Wildman–Crippen MR) is 118 cm³/mol. The predicted octanol–water partition coefficient (Wildman–Crippen LogP) is 0.758. The van der Waals surface area contributed by atoms with Gasteiger partial charge in [-0.15, -0.1) is 0 Å². The number of rotatable bonds is 8. The summed E-state index contributed by atoms with van der Waals surface area (Å²) >= 11 is 0. The van der Waals surface area contributed by atoms with Gasteiger partial charge >= 0.3 is 11.7 Å². The fourth-order valence-corrected chi connectivity index (χ4v) is 3.85. The molecule has 3 rings (SSSR count). The molecule has 32 heavy (non-hydrogen) atoms. The summed E-state index contributed by atoms with van der Waals surface area (Å²) in [6, 6.07) is 9.06. The molecule has 1 aliphatic rings. The molecule has 1 aliphatic carbocycles. The minimum absolute atomic E-state index is 0.103. The maximum absolute atomic E-state index is 12.9. The first-order valence-electron chi connectivity index (χ1n) is 10.6. The topological polar surface area (TPSA) is 148 Å². The number of nitrogens with zero attached hydrogens (tertiary/aromatic N) is 2. The van der Waals surface area contributed by atoms with Gasteiger partial charge in [-0.05, 0) is 37.7 Å². The molecule has 0 unspecified atom stereocenters. The van der Waals surface area contributed by atoms with E-state index in [0.717, 1.165) is 10.5 Å². The number of benzene rings is 1. The van der Waals surface area contributed by atoms with Crippen LogP contribution in [0.3, 0.4) is 0 Å². The lowest BCUT2D eigenvalue weighted by molar-refractivity contribution is -0.166. The lowest BCUT2D eigenvalue weighted by Crippen LogP contribution is -2.44. The average molecular weight is 444 g/mol. The van der Waals surface area contributed by atoms with E-state index in [-0.39, 0.29) is 37.4 Å². The van der Waals surface area contributed by atoms with E-state index in [2.05, 4.69) is 4.98 Å². The Hall–Kier alpha value is -3.40. The number of nitrogen functional groups attached to an aromatic ring is 1. The van der Waals surface area contributed by atoms with E-state index in [0.29, 0.717) is 19.3 Å². The first-order chi connectivity index (χ1) is 15.3. The fourth-order valence-electron chi connectivity index (χ4n) is 3.85. The van der Waals surface area contributed by atoms with Crippen LogP contribution in [0, 0.1) is 0 Å². The molecule has 1 saturated carbocycles. The molecule has 172 valence electrons. The lowest BCUT2D eigenvalue weighted by atomic mass is 10.0. The number of aromatic amines is 1. The average Bonchev–Trinajstić information content (AvgIpc) is 3.22. The Morgan fingerprint density at radius 3 is 2.50 bits per heavy atom. The van der Waals surface area contributed by atoms with Gasteiger partial charge in [0, 0.05) is 6.54 Å². The van der Waals surface area contributed by atoms with E-state index in [9.17, 15) is 24.3 Å². The van der Waals surface area contributed by atoms with E-state index in [4.69, 9.17) is 10.5 Å². The highest BCUT2D eigenvalue weighted by atomic mass is 16.6. The van der Waals surface area contributed by atoms with E-state index >= 15 is 0 Å². The third-order valence-corrected chi connectivity index (χ3v) is 5.55. The van der Waals surface area contributed by atoms with Crippen LogP contribution in [0.1, 0.15) is 44.6 Å². The van der Waals surface area contributed by atoms with Crippen molar-refractivity contribution in [2.75, 3.05) is 23.8 Å². The van der Waals surface area contributed by atoms with Gasteiger partial charge in [-0.25, -0.2) is 9.59 Å². The number of aromatic nitrogens is 2. The second-order valence-electron chi connectivity index (χ2n) is 7.93. The Bertz CT molecular complexity index is 1090. The van der Waals surface area contributed by atoms with Crippen LogP contribution in [0.25, 0.3) is 0 Å². The van der Waals surface area contributed by atoms with Crippen LogP contribution in [-0.2, 0) is 20.9 Å². The normalized spacial score (nSPS) is 14.8. The quantitative estimate of drug-likeness (QED) is 0.509. The Morgan fingerprint density at radius 1 is 1.22 bits per heavy atom. The molecule has 0 saturated heterocycles. The van der Waals surface area contributed by atoms with Crippen molar-refractivity contribution in [3.63, 3.8) is 0 Å². The molecule has 1 aromatic carbocycles. The molecule has 1 fully saturated rings. The van der Waals surface area contributed by atoms with Gasteiger partial charge in [0.15, 0.2) is 17.9 Å². The zero-order chi connectivity index (χ0) is 23.3. The largest absolute Gasteiger partial charge is 0.453 e. The summed E-state index contributed by atoms with van der Waals surface area (Å²) in [5.41, 5.74) is 3.71. The number of carbonyl (C=O) groups is 2. The molecule has 0 spiro atoms. The molecule has 0 aliphatic heterocycles. The minimum atomic E-state index is -1.57. The van der Waals surface area contributed by atoms with Gasteiger partial charge in [0.25, 0.3) is 11.5 Å². The Labute approximate surface area is 184 Å². The first kappa shape index (κ1) is 23.3. The SMILES string of the molecule is CCCN(C(=O)COC(=O)C1(O)CCCC1)c1c(N)n(Cc2ccccc2)c(=O)[nH]c1=O. The zero-order valence-corrected chi connectivity index (χ0v) is 18.0. The smallest absolute Gasteiger partial charge is 0.338 e. The van der Waals surface area contributed by atoms with Crippen LogP contribution in [0.15, 0.2) is 39.9 Å². The minimum Gasteiger partial charge on any atom is -0.453 e. The summed E-state index contributed by atoms with van der Waals surface area (Å²) in [6.07, 6.45) is 2.47. The molecular formula is C22H28N4O6. The maximum atomic E-state index is 12.9. The maximum Gasteiger partial charge on any atom is 0.338 e. The van der Waals surface area contributed by atoms with Gasteiger partial charge in [0.1, 0.15) is 5.82 Å². The van der Waals surface area contributed by atoms with Crippen molar-refractivity contribution in [3.8, 4) is 0 Å². The van der Waals surface area contributed by atoms with Crippen molar-refractivity contribution in [2.24, 2.45) is 0 Å². The molecule has 0 atom stereocenters. The lowest BCUT2D eigenvalue weighted by Gasteiger charge is -2.25. The van der Waals surface area contributed by atoms with E-state index in [1.807, 2.05) is 18.2 Å². The third kappa shape index (κ3) is 4.91. The molecule has 1 aromatic heterocycles. The molecule has 0 bridgehead atoms. The van der Waals surface area contributed by atoms with Crippen LogP contribution < -0.4 is 21.9 Å². The van der Waals surface area contributed by atoms with Crippen molar-refractivity contribution in [3.05, 3.63) is 56.7 Å². The monoisotopic (exact) mass is 444 g/mol. The van der Waals surface area contributed by atoms with Gasteiger partial charge in [-0.2, -0.15) is 0 Å². The standard InChI is InChI=1S/C22H28N4O6/c1-2-12-25(16(27)14-32-20(29)22(31)10-6-7-11-22)17-18(23)26(21(30)24-19(17)28)13-15-8-4-3-5-9-15/h3-5,8-9,31H,2,6-7,10-14,23H2,1H3,(H,24,28,30). The zero-order valence-electron chi connectivity index (χ0n) is 18.0. The molecule has 4 N–H and O–H groups in total. The van der Waals surface area contributed by atoms with Gasteiger partial charge in [-0.1, -0.05) is 37.3 Å². The summed E-state index contributed by atoms with van der Waals surface area (Å²) < 4.78 is 6.24. The van der Waals surface area contributed by atoms with Gasteiger partial charge in [0.2, 0.25) is 0 Å². The number of carbonyl (C=O) groups excluding carboxylic acids is 2. The summed E-state index contributed by atoms with van der Waals surface area (Å²) in [4.78, 5) is 53.4. The van der Waals surface area contributed by atoms with Gasteiger partial charge in [0.05, 0.1) is 6.54 Å². The van der Waals surface area contributed by atoms with Crippen LogP contribution in [0.5, 0.6) is 0 Å². The Balaban J connectivity index is 1.87. The van der Waals surface area contributed by atoms with Gasteiger partial charge in [-0.3, -0.25) is 19.1 Å². The van der Waals surface area contributed by atoms with E-state index in [1.54, 1.807) is 19.1 Å². The number of hydrogen-bond donors (Lipinski definition) is 3. The number of nitrogens with one attached hydrogen (secondary N) is 1. The van der Waals surface area contributed by atoms with Crippen molar-refractivity contribution in [1.29, 1.82) is 0 Å². The molecule has 2 aromatic rings. The van der Waals surface area contributed by atoms with Crippen molar-refractivity contribution < 1.29 is 19.4 Å². The molecule has 10 heteroatoms. The van der Waals surface area contributed by atoms with Crippen molar-refractivity contribution in [1.82, 2.24) is 9.55 Å². The van der Waals surface area contributed by atoms with Crippen molar-refractivity contribution in [2.45, 2.75) is 51.2 Å². The van der Waals surface area contributed by atoms with Crippen LogP contribution >= 0.6 is 0 Å². The molecule has 10 nitrogen and oxygen atoms in total. The highest BCUT2D eigenvalue weighted by Gasteiger charge is 2.41. The summed E-state index contributed by atoms with van der Waals surface area (Å²) in [7, 11) is 0. The van der Waals surface area contributed by atoms with Crippen LogP contribution in [0.4, 0.5) is 11.5 Å². The molecular weight excluding hydrogens is 416 g/mol. The fraction of sp³-hybridized carbons (Fsp3) is 0.455. The number of H-pyrrole nitrogens is 1. The first-order valence-corrected chi connectivity index (χ1v) is 10.6. The molecule has 1 amide bonds. The summed E-state index contributed by atoms with van der Waals surface area (Å²) in [6.45, 7) is 1.37. The third-order valence-electron chi connectivity index (χ3n) is 5.55. The Kier molecular flexibility index (Phi) is 7.14. The summed E-state index contributed by atoms with van der Waals surface area (Å²) in [5.74, 6) is -1.69. The van der Waals surface area contributed by atoms with E-state index < -0.39 is 35.3 Å². The number of amides is 1. The summed E-state index contributed by atoms with van der Waals surface area (Å²) in [5, 5.41) is 10.3. The van der Waals surface area contributed by atoms with Gasteiger partial charge < -0.3 is 20.5 Å². The van der Waals surface area contributed by atoms with Crippen LogP contribution in [-0.4, -0.2) is 45.3 Å². The number of hydrogen-bond acceptors (Lipinski definition) is 7. The number of anilines is 2. The van der Waals surface area contributed by atoms with E-state index in [1.165, 1.54) is 4.57 Å². The molecule has 0 radical (unpaired) electrons. The Morgan fingerprint density at radius 2 is 1.88 bits per heavy atom. The van der Waals surface area contributed by atoms with Crippen LogP contribution in [0.2, 0.25) is 0 Å².